The van der Waals surface area contributed by atoms with Gasteiger partial charge in [-0.2, -0.15) is 0 Å². The first-order chi connectivity index (χ1) is 8.88. The van der Waals surface area contributed by atoms with Crippen molar-refractivity contribution >= 4 is 11.4 Å². The minimum atomic E-state index is -1.24. The molecule has 0 heterocycles. The largest absolute Gasteiger partial charge is 0.377 e. The van der Waals surface area contributed by atoms with E-state index in [2.05, 4.69) is 5.32 Å². The van der Waals surface area contributed by atoms with Crippen molar-refractivity contribution in [3.8, 4) is 0 Å². The van der Waals surface area contributed by atoms with E-state index in [1.165, 1.54) is 0 Å². The number of hydrogen-bond donors (Lipinski definition) is 2. The Morgan fingerprint density at radius 3 is 2.53 bits per heavy atom. The fraction of sp³-hybridized carbons (Fsp3) is 0.500. The number of anilines is 1. The maximum atomic E-state index is 13.6. The van der Waals surface area contributed by atoms with E-state index in [4.69, 9.17) is 5.73 Å². The summed E-state index contributed by atoms with van der Waals surface area (Å²) in [5.41, 5.74) is 4.65. The highest BCUT2D eigenvalue weighted by molar-refractivity contribution is 5.62. The first kappa shape index (κ1) is 15.3. The van der Waals surface area contributed by atoms with Crippen LogP contribution in [0.2, 0.25) is 0 Å². The number of nitrogens with zero attached hydrogens (tertiary/aromatic N) is 1. The second-order valence-electron chi connectivity index (χ2n) is 4.63. The van der Waals surface area contributed by atoms with Crippen LogP contribution in [-0.4, -0.2) is 18.0 Å². The lowest BCUT2D eigenvalue weighted by atomic mass is 9.96. The third-order valence-electron chi connectivity index (χ3n) is 3.06. The van der Waals surface area contributed by atoms with Gasteiger partial charge in [-0.25, -0.2) is 8.78 Å². The molecule has 106 valence electrons. The Labute approximate surface area is 109 Å². The van der Waals surface area contributed by atoms with E-state index >= 15 is 0 Å². The van der Waals surface area contributed by atoms with Gasteiger partial charge in [-0.15, -0.1) is 0 Å². The number of rotatable bonds is 6. The Kier molecular flexibility index (Phi) is 5.17. The van der Waals surface area contributed by atoms with Gasteiger partial charge < -0.3 is 11.1 Å². The average Bonchev–Trinajstić information content (AvgIpc) is 2.34. The summed E-state index contributed by atoms with van der Waals surface area (Å²) in [5, 5.41) is 13.4. The molecule has 0 fully saturated rings. The zero-order valence-electron chi connectivity index (χ0n) is 10.8. The van der Waals surface area contributed by atoms with Crippen LogP contribution in [0.5, 0.6) is 0 Å². The quantitative estimate of drug-likeness (QED) is 0.616. The number of nitro benzene ring substituents is 1. The third-order valence-corrected chi connectivity index (χ3v) is 3.06. The van der Waals surface area contributed by atoms with Gasteiger partial charge in [0, 0.05) is 12.6 Å². The van der Waals surface area contributed by atoms with Gasteiger partial charge in [0.05, 0.1) is 4.92 Å². The van der Waals surface area contributed by atoms with Crippen LogP contribution in [0.25, 0.3) is 0 Å². The van der Waals surface area contributed by atoms with Gasteiger partial charge in [0.2, 0.25) is 0 Å². The molecule has 1 rings (SSSR count). The monoisotopic (exact) mass is 273 g/mol. The molecule has 0 aliphatic carbocycles. The highest BCUT2D eigenvalue weighted by Crippen LogP contribution is 2.29. The van der Waals surface area contributed by atoms with Gasteiger partial charge in [-0.3, -0.25) is 10.1 Å². The highest BCUT2D eigenvalue weighted by Gasteiger charge is 2.22. The first-order valence-electron chi connectivity index (χ1n) is 5.94. The molecule has 1 aromatic carbocycles. The molecule has 0 aliphatic heterocycles. The van der Waals surface area contributed by atoms with Crippen molar-refractivity contribution in [1.82, 2.24) is 0 Å². The zero-order valence-corrected chi connectivity index (χ0v) is 10.8. The van der Waals surface area contributed by atoms with Crippen LogP contribution in [0.15, 0.2) is 12.1 Å². The highest BCUT2D eigenvalue weighted by atomic mass is 19.2. The van der Waals surface area contributed by atoms with Crippen molar-refractivity contribution < 1.29 is 13.7 Å². The van der Waals surface area contributed by atoms with E-state index in [0.29, 0.717) is 6.54 Å². The zero-order chi connectivity index (χ0) is 14.6. The number of benzene rings is 1. The summed E-state index contributed by atoms with van der Waals surface area (Å²) in [6.07, 6.45) is 0. The van der Waals surface area contributed by atoms with E-state index < -0.39 is 27.9 Å². The standard InChI is InChI=1S/C12H17F2N3O2/c1-7(2)8(5-15)6-16-12-10(17(18)19)4-3-9(13)11(12)14/h3-4,7-8,16H,5-6,15H2,1-2H3. The molecule has 0 bridgehead atoms. The lowest BCUT2D eigenvalue weighted by molar-refractivity contribution is -0.384. The summed E-state index contributed by atoms with van der Waals surface area (Å²) in [6, 6.07) is 1.68. The van der Waals surface area contributed by atoms with E-state index in [0.717, 1.165) is 12.1 Å². The molecular weight excluding hydrogens is 256 g/mol. The van der Waals surface area contributed by atoms with Crippen LogP contribution in [0.4, 0.5) is 20.2 Å². The maximum Gasteiger partial charge on any atom is 0.295 e. The molecule has 7 heteroatoms. The Morgan fingerprint density at radius 1 is 1.42 bits per heavy atom. The van der Waals surface area contributed by atoms with Gasteiger partial charge in [0.25, 0.3) is 5.69 Å². The lowest BCUT2D eigenvalue weighted by Gasteiger charge is -2.20. The van der Waals surface area contributed by atoms with Crippen LogP contribution in [0.1, 0.15) is 13.8 Å². The normalized spacial score (nSPS) is 12.5. The van der Waals surface area contributed by atoms with E-state index in [1.54, 1.807) is 0 Å². The number of halogens is 2. The number of nitro groups is 1. The van der Waals surface area contributed by atoms with Crippen LogP contribution in [-0.2, 0) is 0 Å². The molecule has 1 unspecified atom stereocenters. The van der Waals surface area contributed by atoms with E-state index in [1.807, 2.05) is 13.8 Å². The van der Waals surface area contributed by atoms with Gasteiger partial charge in [0.15, 0.2) is 17.3 Å². The van der Waals surface area contributed by atoms with Gasteiger partial charge in [-0.05, 0) is 24.4 Å². The molecule has 0 aliphatic rings. The summed E-state index contributed by atoms with van der Waals surface area (Å²) in [6.45, 7) is 4.48. The average molecular weight is 273 g/mol. The molecule has 3 N–H and O–H groups in total. The lowest BCUT2D eigenvalue weighted by Crippen LogP contribution is -2.27. The van der Waals surface area contributed by atoms with E-state index in [9.17, 15) is 18.9 Å². The Morgan fingerprint density at radius 2 is 2.05 bits per heavy atom. The van der Waals surface area contributed by atoms with E-state index in [-0.39, 0.29) is 18.4 Å². The van der Waals surface area contributed by atoms with Crippen molar-refractivity contribution in [2.24, 2.45) is 17.6 Å². The smallest absolute Gasteiger partial charge is 0.295 e. The summed E-state index contributed by atoms with van der Waals surface area (Å²) < 4.78 is 26.7. The van der Waals surface area contributed by atoms with Crippen molar-refractivity contribution in [3.63, 3.8) is 0 Å². The summed E-state index contributed by atoms with van der Waals surface area (Å²) in [4.78, 5) is 10.0. The molecule has 0 saturated heterocycles. The fourth-order valence-corrected chi connectivity index (χ4v) is 1.69. The summed E-state index contributed by atoms with van der Waals surface area (Å²) in [5.74, 6) is -2.12. The van der Waals surface area contributed by atoms with Crippen LogP contribution < -0.4 is 11.1 Å². The van der Waals surface area contributed by atoms with Gasteiger partial charge in [0.1, 0.15) is 0 Å². The van der Waals surface area contributed by atoms with Gasteiger partial charge >= 0.3 is 0 Å². The van der Waals surface area contributed by atoms with Crippen molar-refractivity contribution in [2.45, 2.75) is 13.8 Å². The predicted molar refractivity (Wildman–Crippen MR) is 68.9 cm³/mol. The summed E-state index contributed by atoms with van der Waals surface area (Å²) in [7, 11) is 0. The van der Waals surface area contributed by atoms with Crippen molar-refractivity contribution in [2.75, 3.05) is 18.4 Å². The first-order valence-corrected chi connectivity index (χ1v) is 5.94. The molecular formula is C12H17F2N3O2. The Hall–Kier alpha value is -1.76. The molecule has 1 atom stereocenters. The molecule has 1 aromatic rings. The van der Waals surface area contributed by atoms with Gasteiger partial charge in [-0.1, -0.05) is 13.8 Å². The molecule has 0 aromatic heterocycles. The molecule has 0 saturated carbocycles. The summed E-state index contributed by atoms with van der Waals surface area (Å²) >= 11 is 0. The third kappa shape index (κ3) is 3.60. The fourth-order valence-electron chi connectivity index (χ4n) is 1.69. The van der Waals surface area contributed by atoms with Crippen molar-refractivity contribution in [1.29, 1.82) is 0 Å². The number of nitrogens with two attached hydrogens (primary N) is 1. The molecule has 0 spiro atoms. The minimum Gasteiger partial charge on any atom is -0.377 e. The number of nitrogens with one attached hydrogen (secondary N) is 1. The predicted octanol–water partition coefficient (Wildman–Crippen LogP) is 2.52. The second-order valence-corrected chi connectivity index (χ2v) is 4.63. The molecule has 0 amide bonds. The number of hydrogen-bond acceptors (Lipinski definition) is 4. The molecule has 19 heavy (non-hydrogen) atoms. The van der Waals surface area contributed by atoms with Crippen LogP contribution >= 0.6 is 0 Å². The van der Waals surface area contributed by atoms with Crippen molar-refractivity contribution in [3.05, 3.63) is 33.9 Å². The molecule has 5 nitrogen and oxygen atoms in total. The van der Waals surface area contributed by atoms with Crippen LogP contribution in [0, 0.1) is 33.6 Å². The maximum absolute atomic E-state index is 13.6. The Bertz CT molecular complexity index is 467. The SMILES string of the molecule is CC(C)C(CN)CNc1c([N+](=O)[O-])ccc(F)c1F. The van der Waals surface area contributed by atoms with Crippen LogP contribution in [0.3, 0.4) is 0 Å². The minimum absolute atomic E-state index is 0.0160. The second kappa shape index (κ2) is 6.42. The topological polar surface area (TPSA) is 81.2 Å². The molecule has 0 radical (unpaired) electrons. The Balaban J connectivity index is 2.99.